The van der Waals surface area contributed by atoms with Crippen LogP contribution in [0, 0.1) is 11.7 Å². The number of benzene rings is 2. The molecule has 1 aromatic heterocycles. The number of para-hydroxylation sites is 1. The number of hydrogen-bond donors (Lipinski definition) is 0. The molecule has 0 saturated carbocycles. The van der Waals surface area contributed by atoms with Crippen LogP contribution in [0.1, 0.15) is 31.4 Å². The lowest BCUT2D eigenvalue weighted by atomic mass is 10.1. The molecule has 0 atom stereocenters. The Balaban J connectivity index is 1.89. The maximum Gasteiger partial charge on any atom is 0.242 e. The number of nitrogens with zero attached hydrogens (tertiary/aromatic N) is 2. The monoisotopic (exact) mass is 464 g/mol. The molecular weight excluding hydrogens is 435 g/mol. The number of fused-ring (bicyclic) bond motifs is 1. The second kappa shape index (κ2) is 11.4. The molecule has 7 heteroatoms. The van der Waals surface area contributed by atoms with E-state index in [-0.39, 0.29) is 55.2 Å². The SMILES string of the molecule is C=CCN(CC(=O)N(Cc1ccc(F)cc1)Cc1coc2ccccc2c1=O)C(=O)CC(C)C. The number of carbonyl (C=O) groups excluding carboxylic acids is 2. The van der Waals surface area contributed by atoms with E-state index in [1.165, 1.54) is 28.2 Å². The molecule has 0 aliphatic heterocycles. The summed E-state index contributed by atoms with van der Waals surface area (Å²) in [7, 11) is 0. The van der Waals surface area contributed by atoms with Crippen LogP contribution < -0.4 is 5.43 Å². The smallest absolute Gasteiger partial charge is 0.242 e. The van der Waals surface area contributed by atoms with Gasteiger partial charge >= 0.3 is 0 Å². The Morgan fingerprint density at radius 1 is 1.03 bits per heavy atom. The number of hydrogen-bond acceptors (Lipinski definition) is 4. The second-order valence-electron chi connectivity index (χ2n) is 8.62. The fourth-order valence-corrected chi connectivity index (χ4v) is 3.63. The van der Waals surface area contributed by atoms with Crippen molar-refractivity contribution in [2.24, 2.45) is 5.92 Å². The fraction of sp³-hybridized carbons (Fsp3) is 0.296. The van der Waals surface area contributed by atoms with E-state index in [1.807, 2.05) is 13.8 Å². The Morgan fingerprint density at radius 2 is 1.74 bits per heavy atom. The lowest BCUT2D eigenvalue weighted by Gasteiger charge is -2.27. The van der Waals surface area contributed by atoms with Gasteiger partial charge in [-0.3, -0.25) is 14.4 Å². The minimum Gasteiger partial charge on any atom is -0.464 e. The van der Waals surface area contributed by atoms with Gasteiger partial charge in [0.2, 0.25) is 11.8 Å². The third-order valence-corrected chi connectivity index (χ3v) is 5.36. The van der Waals surface area contributed by atoms with Crippen molar-refractivity contribution in [3.05, 3.63) is 94.6 Å². The van der Waals surface area contributed by atoms with E-state index >= 15 is 0 Å². The van der Waals surface area contributed by atoms with Crippen molar-refractivity contribution >= 4 is 22.8 Å². The number of halogens is 1. The van der Waals surface area contributed by atoms with E-state index in [0.717, 1.165) is 0 Å². The Bertz CT molecular complexity index is 1220. The van der Waals surface area contributed by atoms with E-state index in [1.54, 1.807) is 42.5 Å². The first-order valence-corrected chi connectivity index (χ1v) is 11.2. The molecule has 0 bridgehead atoms. The third-order valence-electron chi connectivity index (χ3n) is 5.36. The molecule has 178 valence electrons. The maximum atomic E-state index is 13.4. The summed E-state index contributed by atoms with van der Waals surface area (Å²) in [5.41, 5.74) is 1.25. The zero-order chi connectivity index (χ0) is 24.7. The average molecular weight is 465 g/mol. The van der Waals surface area contributed by atoms with Crippen LogP contribution in [0.5, 0.6) is 0 Å². The Morgan fingerprint density at radius 3 is 2.41 bits per heavy atom. The summed E-state index contributed by atoms with van der Waals surface area (Å²) in [5, 5.41) is 0.426. The zero-order valence-corrected chi connectivity index (χ0v) is 19.5. The van der Waals surface area contributed by atoms with Crippen molar-refractivity contribution in [1.82, 2.24) is 9.80 Å². The van der Waals surface area contributed by atoms with Crippen molar-refractivity contribution in [2.75, 3.05) is 13.1 Å². The highest BCUT2D eigenvalue weighted by Crippen LogP contribution is 2.15. The molecule has 3 rings (SSSR count). The fourth-order valence-electron chi connectivity index (χ4n) is 3.63. The first-order chi connectivity index (χ1) is 16.3. The van der Waals surface area contributed by atoms with Gasteiger partial charge in [0.05, 0.1) is 23.8 Å². The van der Waals surface area contributed by atoms with E-state index in [9.17, 15) is 18.8 Å². The van der Waals surface area contributed by atoms with Crippen LogP contribution in [0.25, 0.3) is 11.0 Å². The molecule has 0 radical (unpaired) electrons. The molecular formula is C27H29FN2O4. The van der Waals surface area contributed by atoms with Gasteiger partial charge in [-0.25, -0.2) is 4.39 Å². The van der Waals surface area contributed by atoms with Crippen LogP contribution in [0.3, 0.4) is 0 Å². The molecule has 2 aromatic carbocycles. The van der Waals surface area contributed by atoms with E-state index in [2.05, 4.69) is 6.58 Å². The number of carbonyl (C=O) groups is 2. The summed E-state index contributed by atoms with van der Waals surface area (Å²) >= 11 is 0. The minimum atomic E-state index is -0.381. The molecule has 0 spiro atoms. The van der Waals surface area contributed by atoms with E-state index < -0.39 is 0 Å². The van der Waals surface area contributed by atoms with Crippen molar-refractivity contribution in [3.63, 3.8) is 0 Å². The van der Waals surface area contributed by atoms with Crippen LogP contribution in [0.4, 0.5) is 4.39 Å². The van der Waals surface area contributed by atoms with Crippen LogP contribution in [-0.4, -0.2) is 34.7 Å². The topological polar surface area (TPSA) is 70.8 Å². The highest BCUT2D eigenvalue weighted by Gasteiger charge is 2.23. The van der Waals surface area contributed by atoms with Gasteiger partial charge in [-0.05, 0) is 35.7 Å². The summed E-state index contributed by atoms with van der Waals surface area (Å²) in [5.74, 6) is -0.716. The molecule has 0 saturated heterocycles. The predicted molar refractivity (Wildman–Crippen MR) is 129 cm³/mol. The molecule has 34 heavy (non-hydrogen) atoms. The Labute approximate surface area is 198 Å². The molecule has 0 N–H and O–H groups in total. The largest absolute Gasteiger partial charge is 0.464 e. The summed E-state index contributed by atoms with van der Waals surface area (Å²) in [6, 6.07) is 12.7. The Hall–Kier alpha value is -3.74. The van der Waals surface area contributed by atoms with Gasteiger partial charge in [0.15, 0.2) is 5.43 Å². The van der Waals surface area contributed by atoms with Gasteiger partial charge in [0, 0.05) is 19.5 Å². The lowest BCUT2D eigenvalue weighted by molar-refractivity contribution is -0.141. The highest BCUT2D eigenvalue weighted by molar-refractivity contribution is 5.85. The first kappa shape index (κ1) is 24.9. The first-order valence-electron chi connectivity index (χ1n) is 11.2. The predicted octanol–water partition coefficient (Wildman–Crippen LogP) is 4.52. The van der Waals surface area contributed by atoms with E-state index in [0.29, 0.717) is 28.5 Å². The molecule has 0 aliphatic rings. The van der Waals surface area contributed by atoms with Crippen molar-refractivity contribution in [1.29, 1.82) is 0 Å². The highest BCUT2D eigenvalue weighted by atomic mass is 19.1. The average Bonchev–Trinajstić information content (AvgIpc) is 2.81. The summed E-state index contributed by atoms with van der Waals surface area (Å²) in [6.45, 7) is 7.78. The van der Waals surface area contributed by atoms with Crippen LogP contribution in [-0.2, 0) is 22.7 Å². The Kier molecular flexibility index (Phi) is 8.35. The zero-order valence-electron chi connectivity index (χ0n) is 19.5. The van der Waals surface area contributed by atoms with Crippen LogP contribution in [0.2, 0.25) is 0 Å². The molecule has 1 heterocycles. The normalized spacial score (nSPS) is 10.9. The summed E-state index contributed by atoms with van der Waals surface area (Å²) in [6.07, 6.45) is 3.25. The van der Waals surface area contributed by atoms with Crippen molar-refractivity contribution in [2.45, 2.75) is 33.4 Å². The molecule has 0 unspecified atom stereocenters. The molecule has 3 aromatic rings. The van der Waals surface area contributed by atoms with Gasteiger partial charge in [0.25, 0.3) is 0 Å². The van der Waals surface area contributed by atoms with Gasteiger partial charge in [-0.1, -0.05) is 44.2 Å². The maximum absolute atomic E-state index is 13.4. The van der Waals surface area contributed by atoms with Crippen molar-refractivity contribution < 1.29 is 18.4 Å². The minimum absolute atomic E-state index is 0.0102. The van der Waals surface area contributed by atoms with Crippen molar-refractivity contribution in [3.8, 4) is 0 Å². The van der Waals surface area contributed by atoms with Crippen LogP contribution in [0.15, 0.2) is 76.7 Å². The van der Waals surface area contributed by atoms with Gasteiger partial charge in [0.1, 0.15) is 17.9 Å². The van der Waals surface area contributed by atoms with Crippen LogP contribution >= 0.6 is 0 Å². The third kappa shape index (κ3) is 6.41. The number of rotatable bonds is 10. The summed E-state index contributed by atoms with van der Waals surface area (Å²) in [4.78, 5) is 42.0. The number of amides is 2. The quantitative estimate of drug-likeness (QED) is 0.414. The molecule has 2 amide bonds. The van der Waals surface area contributed by atoms with Gasteiger partial charge < -0.3 is 14.2 Å². The molecule has 0 aliphatic carbocycles. The molecule has 6 nitrogen and oxygen atoms in total. The van der Waals surface area contributed by atoms with Gasteiger partial charge in [-0.2, -0.15) is 0 Å². The van der Waals surface area contributed by atoms with E-state index in [4.69, 9.17) is 4.42 Å². The molecule has 0 fully saturated rings. The standard InChI is InChI=1S/C27H29FN2O4/c1-4-13-29(25(31)14-19(2)3)17-26(32)30(15-20-9-11-22(28)12-10-20)16-21-18-34-24-8-6-5-7-23(24)27(21)33/h4-12,18-19H,1,13-17H2,2-3H3. The lowest BCUT2D eigenvalue weighted by Crippen LogP contribution is -2.43. The second-order valence-corrected chi connectivity index (χ2v) is 8.62. The summed E-state index contributed by atoms with van der Waals surface area (Å²) < 4.78 is 19.0. The van der Waals surface area contributed by atoms with Gasteiger partial charge in [-0.15, -0.1) is 6.58 Å².